The lowest BCUT2D eigenvalue weighted by Gasteiger charge is -2.11. The number of aromatic nitrogens is 2. The predicted octanol–water partition coefficient (Wildman–Crippen LogP) is 4.96. The van der Waals surface area contributed by atoms with Gasteiger partial charge in [-0.2, -0.15) is 0 Å². The van der Waals surface area contributed by atoms with Gasteiger partial charge in [0.15, 0.2) is 10.9 Å². The monoisotopic (exact) mass is 400 g/mol. The number of para-hydroxylation sites is 1. The van der Waals surface area contributed by atoms with Crippen molar-refractivity contribution in [1.82, 2.24) is 9.55 Å². The first-order chi connectivity index (χ1) is 11.6. The topological polar surface area (TPSA) is 44.1 Å². The lowest BCUT2D eigenvalue weighted by molar-refractivity contribution is 0.344. The molecule has 0 aliphatic rings. The maximum atomic E-state index is 12.4. The highest BCUT2D eigenvalue weighted by Crippen LogP contribution is 2.32. The second-order valence-corrected chi connectivity index (χ2v) is 7.62. The first-order valence-electron chi connectivity index (χ1n) is 7.29. The molecule has 0 amide bonds. The Kier molecular flexibility index (Phi) is 5.71. The zero-order valence-corrected chi connectivity index (χ0v) is 15.9. The molecule has 2 aromatic heterocycles. The molecule has 24 heavy (non-hydrogen) atoms. The van der Waals surface area contributed by atoms with Crippen molar-refractivity contribution in [1.29, 1.82) is 0 Å². The molecular weight excluding hydrogens is 387 g/mol. The number of hydrogen-bond acceptors (Lipinski definition) is 5. The van der Waals surface area contributed by atoms with Crippen LogP contribution in [0.3, 0.4) is 0 Å². The highest BCUT2D eigenvalue weighted by Gasteiger charge is 2.12. The summed E-state index contributed by atoms with van der Waals surface area (Å²) < 4.78 is 8.05. The zero-order valence-electron chi connectivity index (χ0n) is 12.8. The van der Waals surface area contributed by atoms with Gasteiger partial charge in [-0.05, 0) is 30.5 Å². The third kappa shape index (κ3) is 3.57. The number of fused-ring (bicyclic) bond motifs is 1. The quantitative estimate of drug-likeness (QED) is 0.333. The number of ether oxygens (including phenoxy) is 1. The van der Waals surface area contributed by atoms with Gasteiger partial charge in [0.2, 0.25) is 0 Å². The lowest BCUT2D eigenvalue weighted by Crippen LogP contribution is -2.21. The van der Waals surface area contributed by atoms with Gasteiger partial charge in [-0.25, -0.2) is 4.98 Å². The lowest BCUT2D eigenvalue weighted by atomic mass is 10.3. The van der Waals surface area contributed by atoms with Crippen molar-refractivity contribution in [3.63, 3.8) is 0 Å². The van der Waals surface area contributed by atoms with Crippen LogP contribution in [0.2, 0.25) is 10.0 Å². The van der Waals surface area contributed by atoms with Crippen molar-refractivity contribution in [2.75, 3.05) is 12.4 Å². The van der Waals surface area contributed by atoms with Gasteiger partial charge < -0.3 is 4.74 Å². The van der Waals surface area contributed by atoms with Crippen molar-refractivity contribution in [2.45, 2.75) is 18.6 Å². The van der Waals surface area contributed by atoms with E-state index in [1.165, 1.54) is 23.1 Å². The molecule has 0 N–H and O–H groups in total. The van der Waals surface area contributed by atoms with E-state index < -0.39 is 0 Å². The largest absolute Gasteiger partial charge is 0.490 e. The molecule has 0 unspecified atom stereocenters. The van der Waals surface area contributed by atoms with Crippen molar-refractivity contribution >= 4 is 56.5 Å². The number of halogens is 2. The highest BCUT2D eigenvalue weighted by molar-refractivity contribution is 7.99. The average Bonchev–Trinajstić information content (AvgIpc) is 3.02. The molecule has 0 saturated heterocycles. The van der Waals surface area contributed by atoms with Crippen LogP contribution in [0.4, 0.5) is 0 Å². The van der Waals surface area contributed by atoms with Crippen molar-refractivity contribution in [3.05, 3.63) is 50.0 Å². The number of benzene rings is 1. The molecule has 0 radical (unpaired) electrons. The van der Waals surface area contributed by atoms with Crippen LogP contribution in [0, 0.1) is 0 Å². The molecular formula is C16H14Cl2N2O2S2. The van der Waals surface area contributed by atoms with E-state index in [-0.39, 0.29) is 5.56 Å². The van der Waals surface area contributed by atoms with Gasteiger partial charge in [-0.15, -0.1) is 11.3 Å². The molecule has 4 nitrogen and oxygen atoms in total. The number of rotatable bonds is 6. The fourth-order valence-corrected chi connectivity index (χ4v) is 4.37. The third-order valence-electron chi connectivity index (χ3n) is 3.33. The number of thioether (sulfide) groups is 1. The Balaban J connectivity index is 1.71. The summed E-state index contributed by atoms with van der Waals surface area (Å²) >= 11 is 15.0. The number of thiophene rings is 1. The minimum atomic E-state index is 0.00932. The van der Waals surface area contributed by atoms with Crippen LogP contribution < -0.4 is 10.3 Å². The van der Waals surface area contributed by atoms with Crippen LogP contribution in [-0.2, 0) is 6.54 Å². The third-order valence-corrected chi connectivity index (χ3v) is 5.75. The average molecular weight is 401 g/mol. The fourth-order valence-electron chi connectivity index (χ4n) is 2.21. The molecule has 1 aromatic carbocycles. The Morgan fingerprint density at radius 2 is 2.04 bits per heavy atom. The van der Waals surface area contributed by atoms with E-state index in [1.54, 1.807) is 22.8 Å². The van der Waals surface area contributed by atoms with E-state index in [4.69, 9.17) is 27.9 Å². The first-order valence-corrected chi connectivity index (χ1v) is 9.91. The van der Waals surface area contributed by atoms with Crippen molar-refractivity contribution < 1.29 is 4.74 Å². The Bertz CT molecular complexity index is 904. The van der Waals surface area contributed by atoms with Crippen LogP contribution in [0.15, 0.2) is 39.6 Å². The molecule has 0 fully saturated rings. The van der Waals surface area contributed by atoms with Gasteiger partial charge in [-0.1, -0.05) is 41.0 Å². The van der Waals surface area contributed by atoms with E-state index >= 15 is 0 Å². The summed E-state index contributed by atoms with van der Waals surface area (Å²) in [5, 5.41) is 3.55. The van der Waals surface area contributed by atoms with Gasteiger partial charge in [0.1, 0.15) is 4.70 Å². The Morgan fingerprint density at radius 3 is 2.75 bits per heavy atom. The molecule has 8 heteroatoms. The second-order valence-electron chi connectivity index (χ2n) is 4.83. The Morgan fingerprint density at radius 1 is 1.29 bits per heavy atom. The molecule has 0 aliphatic heterocycles. The van der Waals surface area contributed by atoms with E-state index in [2.05, 4.69) is 4.98 Å². The van der Waals surface area contributed by atoms with Crippen LogP contribution in [0.5, 0.6) is 5.75 Å². The Hall–Kier alpha value is -1.21. The molecule has 0 saturated carbocycles. The summed E-state index contributed by atoms with van der Waals surface area (Å²) in [7, 11) is 0. The van der Waals surface area contributed by atoms with E-state index in [0.717, 1.165) is 5.52 Å². The smallest absolute Gasteiger partial charge is 0.272 e. The molecule has 0 atom stereocenters. The van der Waals surface area contributed by atoms with E-state index in [9.17, 15) is 4.79 Å². The van der Waals surface area contributed by atoms with E-state index in [1.807, 2.05) is 18.4 Å². The zero-order chi connectivity index (χ0) is 17.1. The summed E-state index contributed by atoms with van der Waals surface area (Å²) in [4.78, 5) is 17.0. The predicted molar refractivity (Wildman–Crippen MR) is 102 cm³/mol. The molecule has 0 spiro atoms. The minimum Gasteiger partial charge on any atom is -0.490 e. The molecule has 126 valence electrons. The maximum absolute atomic E-state index is 12.4. The normalized spacial score (nSPS) is 11.1. The summed E-state index contributed by atoms with van der Waals surface area (Å²) in [6, 6.07) is 7.10. The van der Waals surface area contributed by atoms with Gasteiger partial charge >= 0.3 is 0 Å². The van der Waals surface area contributed by atoms with E-state index in [0.29, 0.717) is 44.6 Å². The van der Waals surface area contributed by atoms with Gasteiger partial charge in [0.05, 0.1) is 22.2 Å². The van der Waals surface area contributed by atoms with Crippen LogP contribution in [0.25, 0.3) is 10.2 Å². The standard InChI is InChI=1S/C16H14Cl2N2O2S2/c1-2-20-15(21)14-12(6-8-23-14)19-16(20)24-9-7-22-13-10(17)4-3-5-11(13)18/h3-6,8H,2,7,9H2,1H3. The number of nitrogens with zero attached hydrogens (tertiary/aromatic N) is 2. The van der Waals surface area contributed by atoms with Gasteiger partial charge in [-0.3, -0.25) is 9.36 Å². The summed E-state index contributed by atoms with van der Waals surface area (Å²) in [5.74, 6) is 1.11. The summed E-state index contributed by atoms with van der Waals surface area (Å²) in [6.45, 7) is 2.93. The van der Waals surface area contributed by atoms with Crippen molar-refractivity contribution in [2.24, 2.45) is 0 Å². The molecule has 0 bridgehead atoms. The maximum Gasteiger partial charge on any atom is 0.272 e. The molecule has 3 aromatic rings. The van der Waals surface area contributed by atoms with Crippen LogP contribution in [0.1, 0.15) is 6.92 Å². The van der Waals surface area contributed by atoms with Crippen LogP contribution >= 0.6 is 46.3 Å². The molecule has 2 heterocycles. The molecule has 3 rings (SSSR count). The summed E-state index contributed by atoms with van der Waals surface area (Å²) in [5.41, 5.74) is 0.752. The molecule has 0 aliphatic carbocycles. The highest BCUT2D eigenvalue weighted by atomic mass is 35.5. The summed E-state index contributed by atoms with van der Waals surface area (Å²) in [6.07, 6.45) is 0. The van der Waals surface area contributed by atoms with Crippen molar-refractivity contribution in [3.8, 4) is 5.75 Å². The number of hydrogen-bond donors (Lipinski definition) is 0. The Labute approximate surface area is 157 Å². The van der Waals surface area contributed by atoms with Gasteiger partial charge in [0, 0.05) is 12.3 Å². The van der Waals surface area contributed by atoms with Gasteiger partial charge in [0.25, 0.3) is 5.56 Å². The SMILES string of the molecule is CCn1c(SCCOc2c(Cl)cccc2Cl)nc2ccsc2c1=O. The second kappa shape index (κ2) is 7.78. The fraction of sp³-hybridized carbons (Fsp3) is 0.250. The first kappa shape index (κ1) is 17.6. The van der Waals surface area contributed by atoms with Crippen LogP contribution in [-0.4, -0.2) is 21.9 Å². The minimum absolute atomic E-state index is 0.00932.